The van der Waals surface area contributed by atoms with E-state index in [2.05, 4.69) is 5.32 Å². The second-order valence-corrected chi connectivity index (χ2v) is 5.91. The number of carbonyl (C=O) groups is 2. The van der Waals surface area contributed by atoms with Gasteiger partial charge in [0.05, 0.1) is 19.1 Å². The van der Waals surface area contributed by atoms with Crippen molar-refractivity contribution in [3.63, 3.8) is 0 Å². The molecular formula is C18H28N2O5. The second kappa shape index (κ2) is 10.4. The summed E-state index contributed by atoms with van der Waals surface area (Å²) in [7, 11) is 1.56. The third-order valence-corrected chi connectivity index (χ3v) is 3.43. The van der Waals surface area contributed by atoms with Crippen molar-refractivity contribution in [2.45, 2.75) is 33.6 Å². The fourth-order valence-corrected chi connectivity index (χ4v) is 2.03. The van der Waals surface area contributed by atoms with Crippen LogP contribution in [0.3, 0.4) is 0 Å². The van der Waals surface area contributed by atoms with Crippen LogP contribution in [-0.4, -0.2) is 48.8 Å². The molecule has 0 saturated carbocycles. The lowest BCUT2D eigenvalue weighted by Gasteiger charge is -2.20. The minimum atomic E-state index is -0.938. The molecular weight excluding hydrogens is 324 g/mol. The quantitative estimate of drug-likeness (QED) is 0.673. The number of amides is 2. The number of carbonyl (C=O) groups excluding carboxylic acids is 1. The number of benzene rings is 1. The number of nitrogens with zero attached hydrogens (tertiary/aromatic N) is 1. The molecule has 1 rings (SSSR count). The molecule has 1 atom stereocenters. The van der Waals surface area contributed by atoms with Gasteiger partial charge in [-0.3, -0.25) is 4.79 Å². The van der Waals surface area contributed by atoms with Crippen molar-refractivity contribution in [3.8, 4) is 11.5 Å². The third kappa shape index (κ3) is 6.91. The number of hydrogen-bond acceptors (Lipinski definition) is 4. The molecule has 25 heavy (non-hydrogen) atoms. The Morgan fingerprint density at radius 2 is 1.76 bits per heavy atom. The number of aliphatic carboxylic acids is 1. The first kappa shape index (κ1) is 20.6. The first-order valence-corrected chi connectivity index (χ1v) is 8.53. The molecule has 0 aliphatic heterocycles. The molecule has 0 fully saturated rings. The fraction of sp³-hybridized carbons (Fsp3) is 0.556. The predicted octanol–water partition coefficient (Wildman–Crippen LogP) is 3.45. The minimum absolute atomic E-state index is 0.123. The third-order valence-electron chi connectivity index (χ3n) is 3.43. The predicted molar refractivity (Wildman–Crippen MR) is 96.5 cm³/mol. The monoisotopic (exact) mass is 352 g/mol. The van der Waals surface area contributed by atoms with Gasteiger partial charge in [-0.1, -0.05) is 20.8 Å². The van der Waals surface area contributed by atoms with Gasteiger partial charge in [0, 0.05) is 25.3 Å². The number of hydrogen-bond donors (Lipinski definition) is 2. The lowest BCUT2D eigenvalue weighted by molar-refractivity contribution is -0.141. The molecule has 0 aromatic heterocycles. The molecule has 1 aromatic carbocycles. The van der Waals surface area contributed by atoms with E-state index in [-0.39, 0.29) is 12.6 Å². The van der Waals surface area contributed by atoms with Crippen LogP contribution in [0.4, 0.5) is 10.5 Å². The summed E-state index contributed by atoms with van der Waals surface area (Å²) in [5.41, 5.74) is 0.565. The van der Waals surface area contributed by atoms with Gasteiger partial charge in [0.15, 0.2) is 11.5 Å². The van der Waals surface area contributed by atoms with Crippen molar-refractivity contribution >= 4 is 17.7 Å². The number of urea groups is 1. The molecule has 2 amide bonds. The van der Waals surface area contributed by atoms with Gasteiger partial charge in [-0.05, 0) is 25.0 Å². The van der Waals surface area contributed by atoms with E-state index in [0.29, 0.717) is 30.4 Å². The fourth-order valence-electron chi connectivity index (χ4n) is 2.03. The zero-order chi connectivity index (χ0) is 18.8. The smallest absolute Gasteiger partial charge is 0.321 e. The molecule has 0 heterocycles. The molecule has 7 nitrogen and oxygen atoms in total. The van der Waals surface area contributed by atoms with Crippen molar-refractivity contribution in [1.29, 1.82) is 0 Å². The van der Waals surface area contributed by atoms with Gasteiger partial charge < -0.3 is 24.8 Å². The maximum atomic E-state index is 12.2. The van der Waals surface area contributed by atoms with E-state index >= 15 is 0 Å². The van der Waals surface area contributed by atoms with Gasteiger partial charge in [0.1, 0.15) is 0 Å². The van der Waals surface area contributed by atoms with Crippen LogP contribution >= 0.6 is 0 Å². The van der Waals surface area contributed by atoms with Crippen LogP contribution < -0.4 is 14.8 Å². The van der Waals surface area contributed by atoms with Gasteiger partial charge in [-0.2, -0.15) is 0 Å². The Labute approximate surface area is 148 Å². The lowest BCUT2D eigenvalue weighted by atomic mass is 10.2. The Morgan fingerprint density at radius 1 is 1.16 bits per heavy atom. The van der Waals surface area contributed by atoms with Gasteiger partial charge in [-0.15, -0.1) is 0 Å². The molecule has 140 valence electrons. The molecule has 2 N–H and O–H groups in total. The highest BCUT2D eigenvalue weighted by Gasteiger charge is 2.18. The molecule has 0 radical (unpaired) electrons. The Morgan fingerprint density at radius 3 is 2.32 bits per heavy atom. The Balaban J connectivity index is 2.79. The van der Waals surface area contributed by atoms with Crippen molar-refractivity contribution < 1.29 is 24.2 Å². The standard InChI is InChI=1S/C18H28N2O5/c1-5-9-24-15-8-7-14(11-16(15)25-10-6-2)19-18(23)20(4)12-13(3)17(21)22/h7-8,11,13H,5-6,9-10,12H2,1-4H3,(H,19,23)(H,21,22). The Bertz CT molecular complexity index is 577. The van der Waals surface area contributed by atoms with Gasteiger partial charge >= 0.3 is 12.0 Å². The van der Waals surface area contributed by atoms with Crippen molar-refractivity contribution in [1.82, 2.24) is 4.90 Å². The first-order chi connectivity index (χ1) is 11.9. The molecule has 1 aromatic rings. The van der Waals surface area contributed by atoms with E-state index in [0.717, 1.165) is 12.8 Å². The van der Waals surface area contributed by atoms with Gasteiger partial charge in [0.25, 0.3) is 0 Å². The molecule has 7 heteroatoms. The van der Waals surface area contributed by atoms with E-state index in [1.807, 2.05) is 13.8 Å². The van der Waals surface area contributed by atoms with E-state index in [1.165, 1.54) is 4.90 Å². The normalized spacial score (nSPS) is 11.5. The largest absolute Gasteiger partial charge is 0.490 e. The molecule has 0 aliphatic carbocycles. The van der Waals surface area contributed by atoms with Crippen LogP contribution in [-0.2, 0) is 4.79 Å². The number of carboxylic acid groups (broad SMARTS) is 1. The first-order valence-electron chi connectivity index (χ1n) is 8.53. The second-order valence-electron chi connectivity index (χ2n) is 5.91. The van der Waals surface area contributed by atoms with E-state index in [1.54, 1.807) is 32.2 Å². The maximum absolute atomic E-state index is 12.2. The van der Waals surface area contributed by atoms with Crippen molar-refractivity contribution in [2.75, 3.05) is 32.1 Å². The van der Waals surface area contributed by atoms with Crippen LogP contribution in [0.5, 0.6) is 11.5 Å². The van der Waals surface area contributed by atoms with Gasteiger partial charge in [0.2, 0.25) is 0 Å². The van der Waals surface area contributed by atoms with Crippen LogP contribution in [0.25, 0.3) is 0 Å². The summed E-state index contributed by atoms with van der Waals surface area (Å²) in [5.74, 6) is -0.354. The van der Waals surface area contributed by atoms with Crippen molar-refractivity contribution in [3.05, 3.63) is 18.2 Å². The molecule has 0 saturated heterocycles. The summed E-state index contributed by atoms with van der Waals surface area (Å²) in [5, 5.41) is 11.7. The number of nitrogens with one attached hydrogen (secondary N) is 1. The van der Waals surface area contributed by atoms with Gasteiger partial charge in [-0.25, -0.2) is 4.79 Å². The molecule has 1 unspecified atom stereocenters. The summed E-state index contributed by atoms with van der Waals surface area (Å²) in [4.78, 5) is 24.4. The SMILES string of the molecule is CCCOc1ccc(NC(=O)N(C)CC(C)C(=O)O)cc1OCCC. The highest BCUT2D eigenvalue weighted by Crippen LogP contribution is 2.31. The number of rotatable bonds is 10. The maximum Gasteiger partial charge on any atom is 0.321 e. The zero-order valence-corrected chi connectivity index (χ0v) is 15.4. The Hall–Kier alpha value is -2.44. The lowest BCUT2D eigenvalue weighted by Crippen LogP contribution is -2.36. The van der Waals surface area contributed by atoms with Crippen molar-refractivity contribution in [2.24, 2.45) is 5.92 Å². The number of carboxylic acids is 1. The zero-order valence-electron chi connectivity index (χ0n) is 15.4. The molecule has 0 aliphatic rings. The van der Waals surface area contributed by atoms with E-state index in [9.17, 15) is 9.59 Å². The van der Waals surface area contributed by atoms with E-state index in [4.69, 9.17) is 14.6 Å². The van der Waals surface area contributed by atoms with E-state index < -0.39 is 11.9 Å². The summed E-state index contributed by atoms with van der Waals surface area (Å²) in [6.45, 7) is 6.85. The summed E-state index contributed by atoms with van der Waals surface area (Å²) < 4.78 is 11.4. The minimum Gasteiger partial charge on any atom is -0.490 e. The van der Waals surface area contributed by atoms with Crippen LogP contribution in [0.1, 0.15) is 33.6 Å². The number of ether oxygens (including phenoxy) is 2. The average Bonchev–Trinajstić information content (AvgIpc) is 2.58. The molecule has 0 bridgehead atoms. The highest BCUT2D eigenvalue weighted by atomic mass is 16.5. The topological polar surface area (TPSA) is 88.1 Å². The highest BCUT2D eigenvalue weighted by molar-refractivity contribution is 5.89. The Kier molecular flexibility index (Phi) is 8.60. The van der Waals surface area contributed by atoms with Crippen LogP contribution in [0.2, 0.25) is 0 Å². The summed E-state index contributed by atoms with van der Waals surface area (Å²) >= 11 is 0. The summed E-state index contributed by atoms with van der Waals surface area (Å²) in [6, 6.07) is 4.83. The van der Waals surface area contributed by atoms with Crippen LogP contribution in [0, 0.1) is 5.92 Å². The summed E-state index contributed by atoms with van der Waals surface area (Å²) in [6.07, 6.45) is 1.75. The molecule has 0 spiro atoms. The van der Waals surface area contributed by atoms with Crippen LogP contribution in [0.15, 0.2) is 18.2 Å². The number of anilines is 1. The average molecular weight is 352 g/mol.